The lowest BCUT2D eigenvalue weighted by Crippen LogP contribution is -2.45. The molecule has 0 radical (unpaired) electrons. The molecular formula is C18H24F2N2O3. The molecule has 138 valence electrons. The Morgan fingerprint density at radius 1 is 1.32 bits per heavy atom. The normalized spacial score (nSPS) is 16.4. The van der Waals surface area contributed by atoms with Crippen molar-refractivity contribution in [2.45, 2.75) is 25.3 Å². The van der Waals surface area contributed by atoms with Gasteiger partial charge < -0.3 is 14.8 Å². The summed E-state index contributed by atoms with van der Waals surface area (Å²) in [7, 11) is 3.13. The van der Waals surface area contributed by atoms with E-state index in [1.165, 1.54) is 6.08 Å². The minimum Gasteiger partial charge on any atom is -0.497 e. The predicted molar refractivity (Wildman–Crippen MR) is 92.2 cm³/mol. The molecule has 1 heterocycles. The zero-order valence-electron chi connectivity index (χ0n) is 14.5. The minimum atomic E-state index is -2.31. The molecule has 0 atom stereocenters. The van der Waals surface area contributed by atoms with E-state index < -0.39 is 6.43 Å². The molecule has 1 N–H and O–H groups in total. The number of rotatable bonds is 7. The van der Waals surface area contributed by atoms with Crippen molar-refractivity contribution in [3.8, 4) is 11.5 Å². The first kappa shape index (κ1) is 19.2. The standard InChI is InChI=1S/C18H24F2N2O3/c1-24-15-5-3-13(16(11-15)25-2)4-6-18(23)21-14-7-9-22(10-8-14)12-17(19)20/h3-6,11,14,17H,7-10,12H2,1-2H3,(H,21,23)/b6-4+. The number of carbonyl (C=O) groups excluding carboxylic acids is 1. The summed E-state index contributed by atoms with van der Waals surface area (Å²) >= 11 is 0. The minimum absolute atomic E-state index is 0.0174. The van der Waals surface area contributed by atoms with Gasteiger partial charge in [0.2, 0.25) is 5.91 Å². The van der Waals surface area contributed by atoms with E-state index in [2.05, 4.69) is 5.32 Å². The molecule has 25 heavy (non-hydrogen) atoms. The van der Waals surface area contributed by atoms with Crippen LogP contribution in [0.5, 0.6) is 11.5 Å². The number of hydrogen-bond donors (Lipinski definition) is 1. The summed E-state index contributed by atoms with van der Waals surface area (Å²) < 4.78 is 35.1. The zero-order valence-corrected chi connectivity index (χ0v) is 14.5. The predicted octanol–water partition coefficient (Wildman–Crippen LogP) is 2.56. The summed E-state index contributed by atoms with van der Waals surface area (Å²) in [4.78, 5) is 13.8. The number of amides is 1. The van der Waals surface area contributed by atoms with Gasteiger partial charge in [-0.25, -0.2) is 8.78 Å². The number of methoxy groups -OCH3 is 2. The van der Waals surface area contributed by atoms with Gasteiger partial charge in [-0.2, -0.15) is 0 Å². The van der Waals surface area contributed by atoms with Gasteiger partial charge in [-0.15, -0.1) is 0 Å². The summed E-state index contributed by atoms with van der Waals surface area (Å²) in [5, 5.41) is 2.92. The fraction of sp³-hybridized carbons (Fsp3) is 0.500. The second-order valence-electron chi connectivity index (χ2n) is 5.92. The van der Waals surface area contributed by atoms with Crippen LogP contribution in [0, 0.1) is 0 Å². The molecule has 0 saturated carbocycles. The number of ether oxygens (including phenoxy) is 2. The third-order valence-corrected chi connectivity index (χ3v) is 4.19. The number of hydrogen-bond acceptors (Lipinski definition) is 4. The van der Waals surface area contributed by atoms with E-state index in [1.54, 1.807) is 37.3 Å². The lowest BCUT2D eigenvalue weighted by Gasteiger charge is -2.31. The molecule has 0 unspecified atom stereocenters. The first-order chi connectivity index (χ1) is 12.0. The Balaban J connectivity index is 1.85. The molecule has 7 heteroatoms. The molecular weight excluding hydrogens is 330 g/mol. The van der Waals surface area contributed by atoms with E-state index in [0.29, 0.717) is 37.4 Å². The molecule has 1 amide bonds. The SMILES string of the molecule is COc1ccc(/C=C/C(=O)NC2CCN(CC(F)F)CC2)c(OC)c1. The maximum Gasteiger partial charge on any atom is 0.251 e. The number of nitrogens with zero attached hydrogens (tertiary/aromatic N) is 1. The van der Waals surface area contributed by atoms with Crippen molar-refractivity contribution in [1.29, 1.82) is 0 Å². The van der Waals surface area contributed by atoms with E-state index >= 15 is 0 Å². The Morgan fingerprint density at radius 3 is 2.64 bits per heavy atom. The van der Waals surface area contributed by atoms with E-state index in [1.807, 2.05) is 6.07 Å². The molecule has 0 aromatic heterocycles. The second kappa shape index (κ2) is 9.36. The highest BCUT2D eigenvalue weighted by atomic mass is 19.3. The van der Waals surface area contributed by atoms with E-state index in [-0.39, 0.29) is 18.5 Å². The number of halogens is 2. The van der Waals surface area contributed by atoms with Crippen LogP contribution in [0.1, 0.15) is 18.4 Å². The van der Waals surface area contributed by atoms with Crippen molar-refractivity contribution in [1.82, 2.24) is 10.2 Å². The topological polar surface area (TPSA) is 50.8 Å². The molecule has 5 nitrogen and oxygen atoms in total. The lowest BCUT2D eigenvalue weighted by atomic mass is 10.0. The molecule has 1 saturated heterocycles. The molecule has 1 aromatic carbocycles. The van der Waals surface area contributed by atoms with Gasteiger partial charge in [-0.1, -0.05) is 0 Å². The number of alkyl halides is 2. The van der Waals surface area contributed by atoms with Gasteiger partial charge >= 0.3 is 0 Å². The number of carbonyl (C=O) groups is 1. The van der Waals surface area contributed by atoms with Crippen LogP contribution in [-0.2, 0) is 4.79 Å². The highest BCUT2D eigenvalue weighted by Gasteiger charge is 2.21. The number of nitrogens with one attached hydrogen (secondary N) is 1. The van der Waals surface area contributed by atoms with Crippen molar-refractivity contribution in [3.05, 3.63) is 29.8 Å². The van der Waals surface area contributed by atoms with Gasteiger partial charge in [0.25, 0.3) is 6.43 Å². The van der Waals surface area contributed by atoms with Crippen LogP contribution in [0.4, 0.5) is 8.78 Å². The summed E-state index contributed by atoms with van der Waals surface area (Å²) in [6.45, 7) is 0.953. The van der Waals surface area contributed by atoms with Crippen LogP contribution < -0.4 is 14.8 Å². The van der Waals surface area contributed by atoms with Crippen LogP contribution in [0.3, 0.4) is 0 Å². The van der Waals surface area contributed by atoms with Gasteiger partial charge in [0.1, 0.15) is 11.5 Å². The number of piperidine rings is 1. The first-order valence-electron chi connectivity index (χ1n) is 8.23. The van der Waals surface area contributed by atoms with Crippen LogP contribution in [0.15, 0.2) is 24.3 Å². The zero-order chi connectivity index (χ0) is 18.2. The molecule has 2 rings (SSSR count). The molecule has 0 spiro atoms. The second-order valence-corrected chi connectivity index (χ2v) is 5.92. The maximum absolute atomic E-state index is 12.4. The molecule has 0 bridgehead atoms. The Bertz CT molecular complexity index is 600. The van der Waals surface area contributed by atoms with Crippen LogP contribution >= 0.6 is 0 Å². The first-order valence-corrected chi connectivity index (χ1v) is 8.23. The van der Waals surface area contributed by atoms with E-state index in [4.69, 9.17) is 9.47 Å². The fourth-order valence-electron chi connectivity index (χ4n) is 2.83. The number of likely N-dealkylation sites (tertiary alicyclic amines) is 1. The largest absolute Gasteiger partial charge is 0.497 e. The van der Waals surface area contributed by atoms with Crippen molar-refractivity contribution >= 4 is 12.0 Å². The summed E-state index contributed by atoms with van der Waals surface area (Å²) in [5.74, 6) is 1.09. The molecule has 1 aromatic rings. The third kappa shape index (κ3) is 6.01. The third-order valence-electron chi connectivity index (χ3n) is 4.19. The van der Waals surface area contributed by atoms with Crippen molar-refractivity contribution < 1.29 is 23.0 Å². The Morgan fingerprint density at radius 2 is 2.04 bits per heavy atom. The van der Waals surface area contributed by atoms with Crippen molar-refractivity contribution in [2.75, 3.05) is 33.9 Å². The Labute approximate surface area is 146 Å². The van der Waals surface area contributed by atoms with Gasteiger partial charge in [0.15, 0.2) is 0 Å². The smallest absolute Gasteiger partial charge is 0.251 e. The van der Waals surface area contributed by atoms with Crippen LogP contribution in [0.2, 0.25) is 0 Å². The van der Waals surface area contributed by atoms with Crippen LogP contribution in [-0.4, -0.2) is 57.1 Å². The highest BCUT2D eigenvalue weighted by molar-refractivity contribution is 5.92. The van der Waals surface area contributed by atoms with E-state index in [0.717, 1.165) is 5.56 Å². The van der Waals surface area contributed by atoms with Gasteiger partial charge in [0.05, 0.1) is 20.8 Å². The summed E-state index contributed by atoms with van der Waals surface area (Å²) in [6, 6.07) is 5.36. The quantitative estimate of drug-likeness (QED) is 0.765. The molecule has 0 aliphatic carbocycles. The summed E-state index contributed by atoms with van der Waals surface area (Å²) in [6.07, 6.45) is 2.18. The van der Waals surface area contributed by atoms with Gasteiger partial charge in [-0.3, -0.25) is 9.69 Å². The van der Waals surface area contributed by atoms with Crippen LogP contribution in [0.25, 0.3) is 6.08 Å². The molecule has 1 fully saturated rings. The summed E-state index contributed by atoms with van der Waals surface area (Å²) in [5.41, 5.74) is 0.769. The van der Waals surface area contributed by atoms with Crippen molar-refractivity contribution in [3.63, 3.8) is 0 Å². The monoisotopic (exact) mass is 354 g/mol. The maximum atomic E-state index is 12.4. The number of benzene rings is 1. The molecule has 1 aliphatic rings. The van der Waals surface area contributed by atoms with Gasteiger partial charge in [-0.05, 0) is 31.1 Å². The fourth-order valence-corrected chi connectivity index (χ4v) is 2.83. The average molecular weight is 354 g/mol. The van der Waals surface area contributed by atoms with Gasteiger partial charge in [0, 0.05) is 36.8 Å². The van der Waals surface area contributed by atoms with E-state index in [9.17, 15) is 13.6 Å². The molecule has 1 aliphatic heterocycles. The lowest BCUT2D eigenvalue weighted by molar-refractivity contribution is -0.117. The Hall–Kier alpha value is -2.15. The average Bonchev–Trinajstić information content (AvgIpc) is 2.61. The Kier molecular flexibility index (Phi) is 7.18. The van der Waals surface area contributed by atoms with Crippen molar-refractivity contribution in [2.24, 2.45) is 0 Å². The highest BCUT2D eigenvalue weighted by Crippen LogP contribution is 2.25.